The molecular formula is C17H23NO5. The summed E-state index contributed by atoms with van der Waals surface area (Å²) in [6.07, 6.45) is 0.272. The second-order valence-corrected chi connectivity index (χ2v) is 5.94. The van der Waals surface area contributed by atoms with Crippen molar-refractivity contribution < 1.29 is 24.5 Å². The number of piperidine rings is 1. The molecule has 1 amide bonds. The van der Waals surface area contributed by atoms with Crippen molar-refractivity contribution in [2.75, 3.05) is 20.2 Å². The minimum absolute atomic E-state index is 0.00816. The summed E-state index contributed by atoms with van der Waals surface area (Å²) in [7, 11) is 1.49. The van der Waals surface area contributed by atoms with Crippen LogP contribution in [0.15, 0.2) is 24.3 Å². The predicted octanol–water partition coefficient (Wildman–Crippen LogP) is 1.77. The fraction of sp³-hybridized carbons (Fsp3) is 0.529. The molecular weight excluding hydrogens is 298 g/mol. The first-order valence-electron chi connectivity index (χ1n) is 7.80. The molecule has 1 saturated heterocycles. The Kier molecular flexibility index (Phi) is 5.26. The lowest BCUT2D eigenvalue weighted by atomic mass is 9.74. The molecule has 0 aromatic heterocycles. The van der Waals surface area contributed by atoms with E-state index in [-0.39, 0.29) is 18.9 Å². The molecule has 2 N–H and O–H groups in total. The van der Waals surface area contributed by atoms with Crippen molar-refractivity contribution in [2.24, 2.45) is 5.41 Å². The molecule has 1 aliphatic heterocycles. The maximum absolute atomic E-state index is 12.8. The number of likely N-dealkylation sites (tertiary alicyclic amines) is 1. The van der Waals surface area contributed by atoms with E-state index in [1.807, 2.05) is 6.92 Å². The number of nitrogens with zero attached hydrogens (tertiary/aromatic N) is 1. The minimum atomic E-state index is -1.30. The van der Waals surface area contributed by atoms with Gasteiger partial charge in [0, 0.05) is 13.1 Å². The van der Waals surface area contributed by atoms with E-state index in [4.69, 9.17) is 4.74 Å². The number of hydrogen-bond donors (Lipinski definition) is 2. The van der Waals surface area contributed by atoms with E-state index in [1.54, 1.807) is 24.3 Å². The van der Waals surface area contributed by atoms with Crippen molar-refractivity contribution in [3.05, 3.63) is 29.8 Å². The van der Waals surface area contributed by atoms with Crippen LogP contribution in [0.4, 0.5) is 0 Å². The summed E-state index contributed by atoms with van der Waals surface area (Å²) < 4.78 is 5.21. The third-order valence-electron chi connectivity index (χ3n) is 4.53. The van der Waals surface area contributed by atoms with E-state index in [2.05, 4.69) is 0 Å². The molecule has 2 atom stereocenters. The number of aliphatic carboxylic acids is 1. The first kappa shape index (κ1) is 17.3. The van der Waals surface area contributed by atoms with Gasteiger partial charge in [0.2, 0.25) is 0 Å². The van der Waals surface area contributed by atoms with Crippen LogP contribution >= 0.6 is 0 Å². The molecule has 23 heavy (non-hydrogen) atoms. The smallest absolute Gasteiger partial charge is 0.314 e. The van der Waals surface area contributed by atoms with Crippen molar-refractivity contribution >= 4 is 11.9 Å². The minimum Gasteiger partial charge on any atom is -0.496 e. The van der Waals surface area contributed by atoms with Gasteiger partial charge in [-0.2, -0.15) is 0 Å². The summed E-state index contributed by atoms with van der Waals surface area (Å²) in [6.45, 7) is 2.21. The van der Waals surface area contributed by atoms with Crippen LogP contribution in [-0.4, -0.2) is 53.3 Å². The maximum atomic E-state index is 12.8. The van der Waals surface area contributed by atoms with E-state index in [0.717, 1.165) is 0 Å². The lowest BCUT2D eigenvalue weighted by molar-refractivity contribution is -0.162. The van der Waals surface area contributed by atoms with E-state index in [1.165, 1.54) is 12.0 Å². The molecule has 2 rings (SSSR count). The molecule has 1 aromatic carbocycles. The fourth-order valence-electron chi connectivity index (χ4n) is 3.25. The second-order valence-electron chi connectivity index (χ2n) is 5.94. The molecule has 126 valence electrons. The average molecular weight is 321 g/mol. The Morgan fingerprint density at radius 3 is 2.70 bits per heavy atom. The molecule has 1 heterocycles. The van der Waals surface area contributed by atoms with Crippen molar-refractivity contribution in [2.45, 2.75) is 32.3 Å². The third kappa shape index (κ3) is 3.17. The summed E-state index contributed by atoms with van der Waals surface area (Å²) >= 11 is 0. The maximum Gasteiger partial charge on any atom is 0.314 e. The lowest BCUT2D eigenvalue weighted by Crippen LogP contribution is -2.57. The van der Waals surface area contributed by atoms with Gasteiger partial charge in [0.05, 0.1) is 18.8 Å². The number of ether oxygens (including phenoxy) is 1. The Labute approximate surface area is 135 Å². The van der Waals surface area contributed by atoms with Gasteiger partial charge in [-0.15, -0.1) is 0 Å². The Morgan fingerprint density at radius 1 is 1.39 bits per heavy atom. The van der Waals surface area contributed by atoms with Crippen molar-refractivity contribution in [1.29, 1.82) is 0 Å². The first-order chi connectivity index (χ1) is 11.0. The fourth-order valence-corrected chi connectivity index (χ4v) is 3.25. The van der Waals surface area contributed by atoms with Crippen LogP contribution in [0.2, 0.25) is 0 Å². The van der Waals surface area contributed by atoms with Gasteiger partial charge in [-0.3, -0.25) is 9.59 Å². The van der Waals surface area contributed by atoms with Gasteiger partial charge in [0.15, 0.2) is 0 Å². The van der Waals surface area contributed by atoms with Crippen molar-refractivity contribution in [1.82, 2.24) is 4.90 Å². The predicted molar refractivity (Wildman–Crippen MR) is 84.5 cm³/mol. The molecule has 6 nitrogen and oxygen atoms in total. The number of carboxylic acids is 1. The average Bonchev–Trinajstić information content (AvgIpc) is 2.56. The quantitative estimate of drug-likeness (QED) is 0.863. The van der Waals surface area contributed by atoms with Crippen molar-refractivity contribution in [3.63, 3.8) is 0 Å². The number of aliphatic hydroxyl groups excluding tert-OH is 1. The zero-order valence-electron chi connectivity index (χ0n) is 13.5. The van der Waals surface area contributed by atoms with Gasteiger partial charge in [0.25, 0.3) is 5.91 Å². The van der Waals surface area contributed by atoms with E-state index >= 15 is 0 Å². The van der Waals surface area contributed by atoms with Crippen molar-refractivity contribution in [3.8, 4) is 5.75 Å². The van der Waals surface area contributed by atoms with Gasteiger partial charge < -0.3 is 19.8 Å². The van der Waals surface area contributed by atoms with Crippen LogP contribution in [0.1, 0.15) is 36.5 Å². The van der Waals surface area contributed by atoms with Crippen LogP contribution in [0, 0.1) is 5.41 Å². The zero-order valence-corrected chi connectivity index (χ0v) is 13.5. The van der Waals surface area contributed by atoms with Gasteiger partial charge >= 0.3 is 5.97 Å². The van der Waals surface area contributed by atoms with Gasteiger partial charge in [0.1, 0.15) is 11.2 Å². The number of carbonyl (C=O) groups excluding carboxylic acids is 1. The molecule has 1 fully saturated rings. The van der Waals surface area contributed by atoms with E-state index in [0.29, 0.717) is 30.7 Å². The molecule has 6 heteroatoms. The summed E-state index contributed by atoms with van der Waals surface area (Å²) in [4.78, 5) is 26.1. The molecule has 1 aliphatic rings. The zero-order chi connectivity index (χ0) is 17.0. The van der Waals surface area contributed by atoms with Crippen LogP contribution in [0.5, 0.6) is 5.75 Å². The monoisotopic (exact) mass is 321 g/mol. The SMILES string of the molecule is CCC[C@@]1(C(=O)O)CN(C(=O)c2ccccc2OC)CC[C@H]1O. The number of hydrogen-bond acceptors (Lipinski definition) is 4. The highest BCUT2D eigenvalue weighted by Gasteiger charge is 2.49. The Balaban J connectivity index is 2.30. The molecule has 0 bridgehead atoms. The summed E-state index contributed by atoms with van der Waals surface area (Å²) in [5, 5.41) is 19.9. The summed E-state index contributed by atoms with van der Waals surface area (Å²) in [6, 6.07) is 6.87. The third-order valence-corrected chi connectivity index (χ3v) is 4.53. The van der Waals surface area contributed by atoms with Crippen LogP contribution in [0.25, 0.3) is 0 Å². The van der Waals surface area contributed by atoms with E-state index < -0.39 is 17.5 Å². The van der Waals surface area contributed by atoms with Crippen LogP contribution in [-0.2, 0) is 4.79 Å². The molecule has 1 aromatic rings. The molecule has 0 unspecified atom stereocenters. The topological polar surface area (TPSA) is 87.1 Å². The number of amides is 1. The number of rotatable bonds is 5. The summed E-state index contributed by atoms with van der Waals surface area (Å²) in [5.41, 5.74) is -0.896. The number of aliphatic hydroxyl groups is 1. The van der Waals surface area contributed by atoms with Gasteiger partial charge in [-0.05, 0) is 25.0 Å². The van der Waals surface area contributed by atoms with E-state index in [9.17, 15) is 19.8 Å². The number of para-hydroxylation sites is 1. The first-order valence-corrected chi connectivity index (χ1v) is 7.80. The van der Waals surface area contributed by atoms with Gasteiger partial charge in [-0.25, -0.2) is 0 Å². The van der Waals surface area contributed by atoms with Crippen LogP contribution in [0.3, 0.4) is 0 Å². The Morgan fingerprint density at radius 2 is 2.09 bits per heavy atom. The molecule has 0 radical (unpaired) electrons. The summed E-state index contributed by atoms with van der Waals surface area (Å²) in [5.74, 6) is -0.861. The Hall–Kier alpha value is -2.08. The highest BCUT2D eigenvalue weighted by molar-refractivity contribution is 5.97. The lowest BCUT2D eigenvalue weighted by Gasteiger charge is -2.43. The second kappa shape index (κ2) is 7.00. The number of carboxylic acid groups (broad SMARTS) is 1. The normalized spacial score (nSPS) is 24.3. The highest BCUT2D eigenvalue weighted by Crippen LogP contribution is 2.36. The number of carbonyl (C=O) groups is 2. The Bertz CT molecular complexity index is 588. The molecule has 0 spiro atoms. The molecule has 0 aliphatic carbocycles. The molecule has 0 saturated carbocycles. The highest BCUT2D eigenvalue weighted by atomic mass is 16.5. The number of methoxy groups -OCH3 is 1. The largest absolute Gasteiger partial charge is 0.496 e. The van der Waals surface area contributed by atoms with Gasteiger partial charge in [-0.1, -0.05) is 25.5 Å². The standard InChI is InChI=1S/C17H23NO5/c1-3-9-17(16(21)22)11-18(10-8-14(17)19)15(20)12-6-4-5-7-13(12)23-2/h4-7,14,19H,3,8-11H2,1-2H3,(H,21,22)/t14-,17-/m1/s1. The number of benzene rings is 1. The van der Waals surface area contributed by atoms with Crippen LogP contribution < -0.4 is 4.74 Å².